The normalized spacial score (nSPS) is 10.8. The first-order valence-corrected chi connectivity index (χ1v) is 5.24. The molecule has 108 valence electrons. The SMILES string of the molecule is Cc1cc(Oc2cnc(C(F)(F)F)cn2)nc(C)n1.I. The second-order valence-electron chi connectivity index (χ2n) is 3.73. The Kier molecular flexibility index (Phi) is 5.20. The van der Waals surface area contributed by atoms with Gasteiger partial charge in [0.25, 0.3) is 0 Å². The first-order valence-electron chi connectivity index (χ1n) is 5.24. The van der Waals surface area contributed by atoms with Crippen LogP contribution >= 0.6 is 24.0 Å². The van der Waals surface area contributed by atoms with Gasteiger partial charge in [0.1, 0.15) is 5.82 Å². The maximum absolute atomic E-state index is 12.3. The molecule has 2 rings (SSSR count). The smallest absolute Gasteiger partial charge is 0.419 e. The molecule has 0 saturated heterocycles. The third-order valence-corrected chi connectivity index (χ3v) is 2.07. The fourth-order valence-electron chi connectivity index (χ4n) is 1.36. The zero-order valence-corrected chi connectivity index (χ0v) is 12.8. The fourth-order valence-corrected chi connectivity index (χ4v) is 1.36. The molecule has 0 aromatic carbocycles. The molecule has 0 atom stereocenters. The third kappa shape index (κ3) is 4.25. The minimum absolute atomic E-state index is 0. The fraction of sp³-hybridized carbons (Fsp3) is 0.273. The lowest BCUT2D eigenvalue weighted by Crippen LogP contribution is -2.08. The highest BCUT2D eigenvalue weighted by molar-refractivity contribution is 14.0. The molecule has 0 N–H and O–H groups in total. The van der Waals surface area contributed by atoms with Gasteiger partial charge in [0.05, 0.1) is 12.4 Å². The van der Waals surface area contributed by atoms with Crippen molar-refractivity contribution in [3.63, 3.8) is 0 Å². The lowest BCUT2D eigenvalue weighted by molar-refractivity contribution is -0.141. The summed E-state index contributed by atoms with van der Waals surface area (Å²) in [6.07, 6.45) is -3.01. The van der Waals surface area contributed by atoms with Crippen LogP contribution in [0.3, 0.4) is 0 Å². The number of alkyl halides is 3. The summed E-state index contributed by atoms with van der Waals surface area (Å²) in [5, 5.41) is 0. The number of nitrogens with zero attached hydrogens (tertiary/aromatic N) is 4. The molecule has 0 spiro atoms. The molecule has 2 aromatic heterocycles. The predicted octanol–water partition coefficient (Wildman–Crippen LogP) is 3.31. The summed E-state index contributed by atoms with van der Waals surface area (Å²) in [5.74, 6) is 0.638. The molecule has 20 heavy (non-hydrogen) atoms. The monoisotopic (exact) mass is 398 g/mol. The molecular weight excluding hydrogens is 388 g/mol. The van der Waals surface area contributed by atoms with Crippen LogP contribution in [0.5, 0.6) is 11.8 Å². The molecular formula is C11H10F3IN4O. The first kappa shape index (κ1) is 16.5. The Morgan fingerprint density at radius 3 is 2.20 bits per heavy atom. The summed E-state index contributed by atoms with van der Waals surface area (Å²) in [6.45, 7) is 3.43. The molecule has 0 fully saturated rings. The Morgan fingerprint density at radius 2 is 1.70 bits per heavy atom. The van der Waals surface area contributed by atoms with Crippen LogP contribution in [0.1, 0.15) is 17.2 Å². The molecule has 9 heteroatoms. The topological polar surface area (TPSA) is 60.8 Å². The molecule has 0 saturated carbocycles. The van der Waals surface area contributed by atoms with Crippen LogP contribution in [-0.4, -0.2) is 19.9 Å². The maximum atomic E-state index is 12.3. The molecule has 0 bridgehead atoms. The van der Waals surface area contributed by atoms with Crippen LogP contribution in [-0.2, 0) is 6.18 Å². The van der Waals surface area contributed by atoms with Crippen molar-refractivity contribution in [1.82, 2.24) is 19.9 Å². The lowest BCUT2D eigenvalue weighted by atomic mass is 10.4. The van der Waals surface area contributed by atoms with Gasteiger partial charge in [0.15, 0.2) is 5.69 Å². The van der Waals surface area contributed by atoms with E-state index in [0.717, 1.165) is 6.20 Å². The Bertz CT molecular complexity index is 569. The Hall–Kier alpha value is -1.52. The largest absolute Gasteiger partial charge is 0.434 e. The van der Waals surface area contributed by atoms with E-state index in [-0.39, 0.29) is 35.7 Å². The van der Waals surface area contributed by atoms with E-state index < -0.39 is 11.9 Å². The van der Waals surface area contributed by atoms with Gasteiger partial charge in [-0.1, -0.05) is 0 Å². The Labute approximate surface area is 129 Å². The summed E-state index contributed by atoms with van der Waals surface area (Å²) < 4.78 is 42.1. The summed E-state index contributed by atoms with van der Waals surface area (Å²) in [7, 11) is 0. The Balaban J connectivity index is 0.00000200. The van der Waals surface area contributed by atoms with Crippen molar-refractivity contribution in [3.05, 3.63) is 35.7 Å². The van der Waals surface area contributed by atoms with E-state index >= 15 is 0 Å². The first-order chi connectivity index (χ1) is 8.84. The van der Waals surface area contributed by atoms with E-state index in [0.29, 0.717) is 17.7 Å². The van der Waals surface area contributed by atoms with Gasteiger partial charge in [-0.05, 0) is 13.8 Å². The van der Waals surface area contributed by atoms with Crippen molar-refractivity contribution >= 4 is 24.0 Å². The number of ether oxygens (including phenoxy) is 1. The maximum Gasteiger partial charge on any atom is 0.434 e. The standard InChI is InChI=1S/C11H9F3N4O.HI/c1-6-3-9(18-7(2)17-6)19-10-5-15-8(4-16-10)11(12,13)14;/h3-5H,1-2H3;1H. The second-order valence-corrected chi connectivity index (χ2v) is 3.73. The van der Waals surface area contributed by atoms with Crippen molar-refractivity contribution in [3.8, 4) is 11.8 Å². The number of aryl methyl sites for hydroxylation is 2. The second kappa shape index (κ2) is 6.29. The third-order valence-electron chi connectivity index (χ3n) is 2.07. The molecule has 0 aliphatic heterocycles. The molecule has 2 heterocycles. The number of aromatic nitrogens is 4. The van der Waals surface area contributed by atoms with E-state index in [2.05, 4.69) is 19.9 Å². The lowest BCUT2D eigenvalue weighted by Gasteiger charge is -2.07. The zero-order valence-electron chi connectivity index (χ0n) is 10.5. The van der Waals surface area contributed by atoms with Crippen molar-refractivity contribution in [2.24, 2.45) is 0 Å². The van der Waals surface area contributed by atoms with Gasteiger partial charge in [0.2, 0.25) is 11.8 Å². The van der Waals surface area contributed by atoms with Gasteiger partial charge < -0.3 is 4.74 Å². The van der Waals surface area contributed by atoms with Gasteiger partial charge in [-0.2, -0.15) is 18.2 Å². The minimum Gasteiger partial charge on any atom is -0.419 e. The Morgan fingerprint density at radius 1 is 1.00 bits per heavy atom. The van der Waals surface area contributed by atoms with Crippen LogP contribution in [0.15, 0.2) is 18.5 Å². The van der Waals surface area contributed by atoms with Gasteiger partial charge in [-0.15, -0.1) is 24.0 Å². The van der Waals surface area contributed by atoms with E-state index in [1.54, 1.807) is 19.9 Å². The van der Waals surface area contributed by atoms with Crippen LogP contribution in [0.25, 0.3) is 0 Å². The molecule has 0 aliphatic carbocycles. The summed E-state index contributed by atoms with van der Waals surface area (Å²) in [4.78, 5) is 14.8. The van der Waals surface area contributed by atoms with E-state index in [1.165, 1.54) is 0 Å². The van der Waals surface area contributed by atoms with Crippen molar-refractivity contribution < 1.29 is 17.9 Å². The number of rotatable bonds is 2. The van der Waals surface area contributed by atoms with Crippen molar-refractivity contribution in [2.45, 2.75) is 20.0 Å². The van der Waals surface area contributed by atoms with Crippen LogP contribution in [0.2, 0.25) is 0 Å². The van der Waals surface area contributed by atoms with E-state index in [9.17, 15) is 13.2 Å². The van der Waals surface area contributed by atoms with Crippen LogP contribution < -0.4 is 4.74 Å². The molecule has 0 radical (unpaired) electrons. The van der Waals surface area contributed by atoms with Crippen LogP contribution in [0.4, 0.5) is 13.2 Å². The highest BCUT2D eigenvalue weighted by Crippen LogP contribution is 2.27. The summed E-state index contributed by atoms with van der Waals surface area (Å²) >= 11 is 0. The summed E-state index contributed by atoms with van der Waals surface area (Å²) in [6, 6.07) is 1.55. The predicted molar refractivity (Wildman–Crippen MR) is 74.0 cm³/mol. The van der Waals surface area contributed by atoms with Gasteiger partial charge in [0, 0.05) is 11.8 Å². The molecule has 0 unspecified atom stereocenters. The number of halogens is 4. The van der Waals surface area contributed by atoms with Gasteiger partial charge in [-0.3, -0.25) is 0 Å². The highest BCUT2D eigenvalue weighted by atomic mass is 127. The summed E-state index contributed by atoms with van der Waals surface area (Å²) in [5.41, 5.74) is -0.391. The minimum atomic E-state index is -4.52. The average Bonchev–Trinajstić information content (AvgIpc) is 2.26. The van der Waals surface area contributed by atoms with Gasteiger partial charge >= 0.3 is 6.18 Å². The average molecular weight is 398 g/mol. The number of hydrogen-bond acceptors (Lipinski definition) is 5. The van der Waals surface area contributed by atoms with Crippen LogP contribution in [0, 0.1) is 13.8 Å². The molecule has 5 nitrogen and oxygen atoms in total. The molecule has 0 aliphatic rings. The van der Waals surface area contributed by atoms with E-state index in [1.807, 2.05) is 0 Å². The highest BCUT2D eigenvalue weighted by Gasteiger charge is 2.32. The van der Waals surface area contributed by atoms with Crippen molar-refractivity contribution in [2.75, 3.05) is 0 Å². The zero-order chi connectivity index (χ0) is 14.0. The number of hydrogen-bond donors (Lipinski definition) is 0. The molecule has 2 aromatic rings. The van der Waals surface area contributed by atoms with Crippen molar-refractivity contribution in [1.29, 1.82) is 0 Å². The quantitative estimate of drug-likeness (QED) is 0.727. The van der Waals surface area contributed by atoms with E-state index in [4.69, 9.17) is 4.74 Å². The molecule has 0 amide bonds. The van der Waals surface area contributed by atoms with Gasteiger partial charge in [-0.25, -0.2) is 15.0 Å².